The zero-order valence-electron chi connectivity index (χ0n) is 13.2. The summed E-state index contributed by atoms with van der Waals surface area (Å²) in [5.41, 5.74) is 0.866. The van der Waals surface area contributed by atoms with Gasteiger partial charge in [0.25, 0.3) is 0 Å². The van der Waals surface area contributed by atoms with Crippen molar-refractivity contribution in [3.8, 4) is 0 Å². The van der Waals surface area contributed by atoms with Crippen molar-refractivity contribution < 1.29 is 14.0 Å². The molecular weight excluding hydrogens is 365 g/mol. The summed E-state index contributed by atoms with van der Waals surface area (Å²) in [6.07, 6.45) is 3.47. The van der Waals surface area contributed by atoms with Crippen LogP contribution >= 0.6 is 22.9 Å². The van der Waals surface area contributed by atoms with Gasteiger partial charge in [-0.15, -0.1) is 11.3 Å². The molecule has 1 aromatic heterocycles. The van der Waals surface area contributed by atoms with Gasteiger partial charge in [-0.25, -0.2) is 9.37 Å². The van der Waals surface area contributed by atoms with E-state index in [0.717, 1.165) is 10.4 Å². The van der Waals surface area contributed by atoms with E-state index in [2.05, 4.69) is 16.9 Å². The zero-order chi connectivity index (χ0) is 18.0. The number of hydrogen-bond acceptors (Lipinski definition) is 4. The van der Waals surface area contributed by atoms with E-state index in [0.29, 0.717) is 24.6 Å². The van der Waals surface area contributed by atoms with Gasteiger partial charge in [0.2, 0.25) is 11.8 Å². The molecule has 0 saturated carbocycles. The number of anilines is 1. The molecule has 0 radical (unpaired) electrons. The van der Waals surface area contributed by atoms with Crippen LogP contribution in [0.15, 0.2) is 37.1 Å². The Morgan fingerprint density at radius 2 is 2.24 bits per heavy atom. The Morgan fingerprint density at radius 1 is 1.48 bits per heavy atom. The second-order valence-electron chi connectivity index (χ2n) is 5.69. The molecule has 0 aliphatic carbocycles. The molecule has 0 unspecified atom stereocenters. The Kier molecular flexibility index (Phi) is 5.15. The molecular formula is C17H15ClFN3O2S. The van der Waals surface area contributed by atoms with Gasteiger partial charge >= 0.3 is 0 Å². The number of carbonyl (C=O) groups excluding carboxylic acids is 2. The molecule has 0 bridgehead atoms. The van der Waals surface area contributed by atoms with E-state index < -0.39 is 5.82 Å². The molecule has 2 amide bonds. The molecule has 8 heteroatoms. The molecule has 0 atom stereocenters. The Labute approximate surface area is 153 Å². The number of halogens is 2. The van der Waals surface area contributed by atoms with Gasteiger partial charge in [-0.05, 0) is 23.8 Å². The van der Waals surface area contributed by atoms with E-state index in [1.807, 2.05) is 0 Å². The van der Waals surface area contributed by atoms with E-state index >= 15 is 0 Å². The van der Waals surface area contributed by atoms with Gasteiger partial charge in [-0.1, -0.05) is 24.2 Å². The van der Waals surface area contributed by atoms with Crippen molar-refractivity contribution in [2.75, 3.05) is 18.4 Å². The minimum absolute atomic E-state index is 0.0825. The maximum absolute atomic E-state index is 13.2. The summed E-state index contributed by atoms with van der Waals surface area (Å²) in [6.45, 7) is 4.20. The summed E-state index contributed by atoms with van der Waals surface area (Å²) in [7, 11) is 0. The second kappa shape index (κ2) is 7.33. The molecule has 3 rings (SSSR count). The van der Waals surface area contributed by atoms with Crippen LogP contribution in [-0.2, 0) is 16.0 Å². The topological polar surface area (TPSA) is 62.3 Å². The van der Waals surface area contributed by atoms with Gasteiger partial charge in [-0.2, -0.15) is 0 Å². The molecule has 2 aromatic rings. The number of benzene rings is 1. The van der Waals surface area contributed by atoms with Gasteiger partial charge in [0.15, 0.2) is 5.13 Å². The highest BCUT2D eigenvalue weighted by Gasteiger charge is 2.34. The number of aromatic nitrogens is 1. The normalized spacial score (nSPS) is 14.1. The summed E-state index contributed by atoms with van der Waals surface area (Å²) in [4.78, 5) is 30.2. The fourth-order valence-electron chi connectivity index (χ4n) is 2.46. The van der Waals surface area contributed by atoms with Crippen molar-refractivity contribution >= 4 is 39.9 Å². The van der Waals surface area contributed by atoms with Crippen LogP contribution in [0.3, 0.4) is 0 Å². The van der Waals surface area contributed by atoms with Crippen LogP contribution in [0.5, 0.6) is 0 Å². The first-order chi connectivity index (χ1) is 12.0. The summed E-state index contributed by atoms with van der Waals surface area (Å²) in [5.74, 6) is -1.00. The summed E-state index contributed by atoms with van der Waals surface area (Å²) in [5, 5.41) is 3.35. The van der Waals surface area contributed by atoms with Crippen molar-refractivity contribution in [1.82, 2.24) is 9.88 Å². The summed E-state index contributed by atoms with van der Waals surface area (Å²) in [6, 6.07) is 4.57. The lowest BCUT2D eigenvalue weighted by atomic mass is 9.99. The van der Waals surface area contributed by atoms with Crippen molar-refractivity contribution in [2.45, 2.75) is 6.42 Å². The van der Waals surface area contributed by atoms with Crippen LogP contribution in [0.25, 0.3) is 0 Å². The third kappa shape index (κ3) is 4.05. The van der Waals surface area contributed by atoms with Crippen molar-refractivity contribution in [3.63, 3.8) is 0 Å². The third-order valence-electron chi connectivity index (χ3n) is 3.88. The number of carbonyl (C=O) groups is 2. The molecule has 1 fully saturated rings. The second-order valence-corrected chi connectivity index (χ2v) is 7.21. The standard InChI is InChI=1S/C17H15ClFN3O2S/c1-2-15(23)22-8-11(9-22)16(24)21-17-20-7-12(25-17)5-10-3-4-14(19)13(18)6-10/h2-4,6-7,11H,1,5,8-9H2,(H,20,21,24). The summed E-state index contributed by atoms with van der Waals surface area (Å²) >= 11 is 7.13. The van der Waals surface area contributed by atoms with Gasteiger partial charge in [0, 0.05) is 30.6 Å². The van der Waals surface area contributed by atoms with E-state index in [1.54, 1.807) is 23.2 Å². The first kappa shape index (κ1) is 17.6. The lowest BCUT2D eigenvalue weighted by Crippen LogP contribution is -2.53. The smallest absolute Gasteiger partial charge is 0.246 e. The first-order valence-corrected chi connectivity index (χ1v) is 8.76. The molecule has 1 aliphatic rings. The van der Waals surface area contributed by atoms with Crippen LogP contribution in [0.2, 0.25) is 5.02 Å². The number of likely N-dealkylation sites (tertiary alicyclic amines) is 1. The van der Waals surface area contributed by atoms with Crippen molar-refractivity contribution in [3.05, 3.63) is 58.3 Å². The highest BCUT2D eigenvalue weighted by molar-refractivity contribution is 7.15. The molecule has 25 heavy (non-hydrogen) atoms. The monoisotopic (exact) mass is 379 g/mol. The highest BCUT2D eigenvalue weighted by Crippen LogP contribution is 2.25. The average molecular weight is 380 g/mol. The Bertz CT molecular complexity index is 833. The molecule has 5 nitrogen and oxygen atoms in total. The molecule has 1 saturated heterocycles. The minimum Gasteiger partial charge on any atom is -0.337 e. The largest absolute Gasteiger partial charge is 0.337 e. The predicted octanol–water partition coefficient (Wildman–Crippen LogP) is 3.11. The van der Waals surface area contributed by atoms with Gasteiger partial charge in [0.05, 0.1) is 10.9 Å². The molecule has 1 N–H and O–H groups in total. The van der Waals surface area contributed by atoms with Crippen molar-refractivity contribution in [2.24, 2.45) is 5.92 Å². The molecule has 0 spiro atoms. The third-order valence-corrected chi connectivity index (χ3v) is 5.09. The van der Waals surface area contributed by atoms with Gasteiger partial charge in [-0.3, -0.25) is 9.59 Å². The van der Waals surface area contributed by atoms with E-state index in [9.17, 15) is 14.0 Å². The fourth-order valence-corrected chi connectivity index (χ4v) is 3.51. The van der Waals surface area contributed by atoms with Crippen LogP contribution in [0.4, 0.5) is 9.52 Å². The minimum atomic E-state index is -0.452. The van der Waals surface area contributed by atoms with E-state index in [-0.39, 0.29) is 22.8 Å². The van der Waals surface area contributed by atoms with E-state index in [4.69, 9.17) is 11.6 Å². The van der Waals surface area contributed by atoms with Gasteiger partial charge < -0.3 is 10.2 Å². The lowest BCUT2D eigenvalue weighted by molar-refractivity contribution is -0.137. The molecule has 130 valence electrons. The predicted molar refractivity (Wildman–Crippen MR) is 95.2 cm³/mol. The number of nitrogens with one attached hydrogen (secondary N) is 1. The lowest BCUT2D eigenvalue weighted by Gasteiger charge is -2.37. The fraction of sp³-hybridized carbons (Fsp3) is 0.235. The SMILES string of the molecule is C=CC(=O)N1CC(C(=O)Nc2ncc(Cc3ccc(F)c(Cl)c3)s2)C1. The number of hydrogen-bond donors (Lipinski definition) is 1. The number of rotatable bonds is 5. The highest BCUT2D eigenvalue weighted by atomic mass is 35.5. The maximum atomic E-state index is 13.2. The number of nitrogens with zero attached hydrogens (tertiary/aromatic N) is 2. The van der Waals surface area contributed by atoms with Crippen LogP contribution in [-0.4, -0.2) is 34.8 Å². The Morgan fingerprint density at radius 3 is 2.92 bits per heavy atom. The quantitative estimate of drug-likeness (QED) is 0.812. The summed E-state index contributed by atoms with van der Waals surface area (Å²) < 4.78 is 13.2. The number of amides is 2. The molecule has 2 heterocycles. The van der Waals surface area contributed by atoms with Crippen LogP contribution in [0.1, 0.15) is 10.4 Å². The Balaban J connectivity index is 1.55. The number of thiazole rings is 1. The zero-order valence-corrected chi connectivity index (χ0v) is 14.7. The maximum Gasteiger partial charge on any atom is 0.246 e. The van der Waals surface area contributed by atoms with Crippen LogP contribution in [0, 0.1) is 11.7 Å². The molecule has 1 aliphatic heterocycles. The molecule has 1 aromatic carbocycles. The Hall–Kier alpha value is -2.25. The van der Waals surface area contributed by atoms with E-state index in [1.165, 1.54) is 23.5 Å². The van der Waals surface area contributed by atoms with Crippen molar-refractivity contribution in [1.29, 1.82) is 0 Å². The first-order valence-electron chi connectivity index (χ1n) is 7.57. The van der Waals surface area contributed by atoms with Gasteiger partial charge in [0.1, 0.15) is 5.82 Å². The van der Waals surface area contributed by atoms with Crippen LogP contribution < -0.4 is 5.32 Å². The average Bonchev–Trinajstić information content (AvgIpc) is 2.96.